The number of rotatable bonds is 5. The molecule has 0 bridgehead atoms. The van der Waals surface area contributed by atoms with E-state index in [9.17, 15) is 13.2 Å². The average molecular weight is 226 g/mol. The molecule has 0 radical (unpaired) electrons. The van der Waals surface area contributed by atoms with Crippen LogP contribution in [0.25, 0.3) is 0 Å². The molecule has 0 spiro atoms. The van der Waals surface area contributed by atoms with E-state index < -0.39 is 12.7 Å². The molecular weight excluding hydrogens is 205 g/mol. The summed E-state index contributed by atoms with van der Waals surface area (Å²) in [5.41, 5.74) is 0.179. The Kier molecular flexibility index (Phi) is 5.59. The van der Waals surface area contributed by atoms with Crippen molar-refractivity contribution >= 4 is 0 Å². The molecule has 1 N–H and O–H groups in total. The second kappa shape index (κ2) is 5.70. The van der Waals surface area contributed by atoms with Gasteiger partial charge in [0, 0.05) is 19.6 Å². The standard InChI is InChI=1S/C10H21F3N2/c1-9(2,3)8-15(4)6-5-14-7-10(11,12)13/h14H,5-8H2,1-4H3. The number of nitrogens with one attached hydrogen (secondary N) is 1. The van der Waals surface area contributed by atoms with Gasteiger partial charge < -0.3 is 10.2 Å². The molecule has 0 aliphatic heterocycles. The molecule has 0 aliphatic rings. The summed E-state index contributed by atoms with van der Waals surface area (Å²) in [6.45, 7) is 7.28. The topological polar surface area (TPSA) is 15.3 Å². The SMILES string of the molecule is CN(CCNCC(F)(F)F)CC(C)(C)C. The van der Waals surface area contributed by atoms with Gasteiger partial charge in [0.1, 0.15) is 0 Å². The Labute approximate surface area is 89.8 Å². The summed E-state index contributed by atoms with van der Waals surface area (Å²) in [6.07, 6.45) is -4.11. The van der Waals surface area contributed by atoms with Gasteiger partial charge in [-0.15, -0.1) is 0 Å². The Morgan fingerprint density at radius 3 is 2.07 bits per heavy atom. The van der Waals surface area contributed by atoms with Crippen molar-refractivity contribution in [3.8, 4) is 0 Å². The summed E-state index contributed by atoms with van der Waals surface area (Å²) in [5.74, 6) is 0. The van der Waals surface area contributed by atoms with Crippen molar-refractivity contribution in [2.45, 2.75) is 26.9 Å². The highest BCUT2D eigenvalue weighted by molar-refractivity contribution is 4.67. The van der Waals surface area contributed by atoms with Gasteiger partial charge in [0.25, 0.3) is 0 Å². The molecule has 0 amide bonds. The first-order valence-electron chi connectivity index (χ1n) is 5.06. The van der Waals surface area contributed by atoms with E-state index in [4.69, 9.17) is 0 Å². The molecule has 0 saturated heterocycles. The first kappa shape index (κ1) is 14.7. The van der Waals surface area contributed by atoms with Gasteiger partial charge in [-0.1, -0.05) is 20.8 Å². The lowest BCUT2D eigenvalue weighted by molar-refractivity contribution is -0.124. The summed E-state index contributed by atoms with van der Waals surface area (Å²) in [6, 6.07) is 0. The lowest BCUT2D eigenvalue weighted by Crippen LogP contribution is -2.37. The molecule has 15 heavy (non-hydrogen) atoms. The summed E-state index contributed by atoms with van der Waals surface area (Å²) in [7, 11) is 1.92. The number of halogens is 3. The minimum absolute atomic E-state index is 0.179. The molecule has 5 heteroatoms. The fourth-order valence-corrected chi connectivity index (χ4v) is 1.39. The maximum Gasteiger partial charge on any atom is 0.401 e. The smallest absolute Gasteiger partial charge is 0.307 e. The lowest BCUT2D eigenvalue weighted by Gasteiger charge is -2.26. The Morgan fingerprint density at radius 2 is 1.67 bits per heavy atom. The molecule has 0 aromatic rings. The third kappa shape index (κ3) is 11.6. The van der Waals surface area contributed by atoms with Crippen LogP contribution in [0.1, 0.15) is 20.8 Å². The van der Waals surface area contributed by atoms with Crippen LogP contribution in [0.4, 0.5) is 13.2 Å². The second-order valence-electron chi connectivity index (χ2n) is 5.09. The zero-order valence-corrected chi connectivity index (χ0v) is 9.91. The van der Waals surface area contributed by atoms with Crippen LogP contribution >= 0.6 is 0 Å². The molecule has 0 aliphatic carbocycles. The second-order valence-corrected chi connectivity index (χ2v) is 5.09. The normalized spacial score (nSPS) is 13.6. The van der Waals surface area contributed by atoms with E-state index in [1.807, 2.05) is 11.9 Å². The van der Waals surface area contributed by atoms with Crippen LogP contribution in [-0.4, -0.2) is 44.3 Å². The maximum absolute atomic E-state index is 11.8. The van der Waals surface area contributed by atoms with Crippen LogP contribution < -0.4 is 5.32 Å². The molecule has 92 valence electrons. The van der Waals surface area contributed by atoms with Crippen LogP contribution in [0.3, 0.4) is 0 Å². The molecule has 0 aromatic carbocycles. The number of hydrogen-bond acceptors (Lipinski definition) is 2. The van der Waals surface area contributed by atoms with Gasteiger partial charge in [0.15, 0.2) is 0 Å². The quantitative estimate of drug-likeness (QED) is 0.722. The maximum atomic E-state index is 11.8. The van der Waals surface area contributed by atoms with Crippen molar-refractivity contribution in [1.82, 2.24) is 10.2 Å². The third-order valence-electron chi connectivity index (χ3n) is 1.74. The third-order valence-corrected chi connectivity index (χ3v) is 1.74. The Bertz CT molecular complexity index is 172. The van der Waals surface area contributed by atoms with Crippen molar-refractivity contribution in [2.75, 3.05) is 33.2 Å². The predicted molar refractivity (Wildman–Crippen MR) is 55.9 cm³/mol. The van der Waals surface area contributed by atoms with Crippen molar-refractivity contribution in [3.05, 3.63) is 0 Å². The van der Waals surface area contributed by atoms with E-state index in [2.05, 4.69) is 26.1 Å². The van der Waals surface area contributed by atoms with Crippen LogP contribution in [-0.2, 0) is 0 Å². The van der Waals surface area contributed by atoms with Gasteiger partial charge in [-0.05, 0) is 12.5 Å². The largest absolute Gasteiger partial charge is 0.401 e. The van der Waals surface area contributed by atoms with Gasteiger partial charge in [-0.25, -0.2) is 0 Å². The van der Waals surface area contributed by atoms with Gasteiger partial charge >= 0.3 is 6.18 Å². The molecular formula is C10H21F3N2. The number of likely N-dealkylation sites (N-methyl/N-ethyl adjacent to an activating group) is 1. The van der Waals surface area contributed by atoms with E-state index in [1.54, 1.807) is 0 Å². The highest BCUT2D eigenvalue weighted by Gasteiger charge is 2.26. The molecule has 0 heterocycles. The predicted octanol–water partition coefficient (Wildman–Crippen LogP) is 2.12. The first-order chi connectivity index (χ1) is 6.60. The Morgan fingerprint density at radius 1 is 1.13 bits per heavy atom. The molecule has 0 atom stereocenters. The monoisotopic (exact) mass is 226 g/mol. The molecule has 0 aromatic heterocycles. The fraction of sp³-hybridized carbons (Fsp3) is 1.00. The zero-order chi connectivity index (χ0) is 12.1. The van der Waals surface area contributed by atoms with E-state index >= 15 is 0 Å². The summed E-state index contributed by atoms with van der Waals surface area (Å²) in [5, 5.41) is 2.38. The van der Waals surface area contributed by atoms with E-state index in [1.165, 1.54) is 0 Å². The molecule has 0 saturated carbocycles. The fourth-order valence-electron chi connectivity index (χ4n) is 1.39. The van der Waals surface area contributed by atoms with Crippen molar-refractivity contribution < 1.29 is 13.2 Å². The van der Waals surface area contributed by atoms with Crippen molar-refractivity contribution in [2.24, 2.45) is 5.41 Å². The molecule has 0 rings (SSSR count). The number of nitrogens with zero attached hydrogens (tertiary/aromatic N) is 1. The van der Waals surface area contributed by atoms with Crippen LogP contribution in [0.15, 0.2) is 0 Å². The van der Waals surface area contributed by atoms with Gasteiger partial charge in [0.2, 0.25) is 0 Å². The summed E-state index contributed by atoms with van der Waals surface area (Å²) in [4.78, 5) is 2.03. The number of alkyl halides is 3. The van der Waals surface area contributed by atoms with Gasteiger partial charge in [-0.3, -0.25) is 0 Å². The van der Waals surface area contributed by atoms with E-state index in [-0.39, 0.29) is 5.41 Å². The van der Waals surface area contributed by atoms with Gasteiger partial charge in [-0.2, -0.15) is 13.2 Å². The summed E-state index contributed by atoms with van der Waals surface area (Å²) < 4.78 is 35.3. The highest BCUT2D eigenvalue weighted by Crippen LogP contribution is 2.14. The van der Waals surface area contributed by atoms with Crippen LogP contribution in [0.2, 0.25) is 0 Å². The number of hydrogen-bond donors (Lipinski definition) is 1. The van der Waals surface area contributed by atoms with Crippen molar-refractivity contribution in [1.29, 1.82) is 0 Å². The average Bonchev–Trinajstić information content (AvgIpc) is 1.92. The zero-order valence-electron chi connectivity index (χ0n) is 9.91. The van der Waals surface area contributed by atoms with Crippen molar-refractivity contribution in [3.63, 3.8) is 0 Å². The van der Waals surface area contributed by atoms with Crippen LogP contribution in [0, 0.1) is 5.41 Å². The first-order valence-corrected chi connectivity index (χ1v) is 5.06. The van der Waals surface area contributed by atoms with Gasteiger partial charge in [0.05, 0.1) is 6.54 Å². The minimum atomic E-state index is -4.11. The van der Waals surface area contributed by atoms with E-state index in [0.29, 0.717) is 13.1 Å². The Balaban J connectivity index is 3.52. The molecule has 2 nitrogen and oxygen atoms in total. The lowest BCUT2D eigenvalue weighted by atomic mass is 9.96. The van der Waals surface area contributed by atoms with Crippen LogP contribution in [0.5, 0.6) is 0 Å². The van der Waals surface area contributed by atoms with E-state index in [0.717, 1.165) is 6.54 Å². The summed E-state index contributed by atoms with van der Waals surface area (Å²) >= 11 is 0. The highest BCUT2D eigenvalue weighted by atomic mass is 19.4. The minimum Gasteiger partial charge on any atom is -0.307 e. The molecule has 0 fully saturated rings. The Hall–Kier alpha value is -0.290. The molecule has 0 unspecified atom stereocenters.